The summed E-state index contributed by atoms with van der Waals surface area (Å²) >= 11 is 0. The fraction of sp³-hybridized carbons (Fsp3) is 0.308. The molecule has 3 aromatic rings. The standard InChI is InChI=1S/C26H27FN2O4/c1-2-32-22-6-8-23(9-7-22)33-24-16-19(10-13-28-24)18-29-25(30)26(11-14-31-15-12-26)20-4-3-5-21(27)17-20/h3-10,13,16-17H,2,11-12,14-15,18H2,1H3,(H,29,30). The molecular formula is C26H27FN2O4. The Bertz CT molecular complexity index is 1080. The monoisotopic (exact) mass is 450 g/mol. The minimum Gasteiger partial charge on any atom is -0.494 e. The molecule has 0 aliphatic carbocycles. The second-order valence-electron chi connectivity index (χ2n) is 7.90. The maximum absolute atomic E-state index is 13.9. The average Bonchev–Trinajstić information content (AvgIpc) is 2.84. The van der Waals surface area contributed by atoms with Crippen LogP contribution in [0.2, 0.25) is 0 Å². The normalized spacial score (nSPS) is 15.0. The fourth-order valence-corrected chi connectivity index (χ4v) is 4.01. The van der Waals surface area contributed by atoms with Gasteiger partial charge < -0.3 is 19.5 Å². The molecule has 2 aromatic carbocycles. The summed E-state index contributed by atoms with van der Waals surface area (Å²) in [5.74, 6) is 1.35. The number of ether oxygens (including phenoxy) is 3. The van der Waals surface area contributed by atoms with Gasteiger partial charge in [-0.25, -0.2) is 9.37 Å². The van der Waals surface area contributed by atoms with Crippen LogP contribution in [0.5, 0.6) is 17.4 Å². The van der Waals surface area contributed by atoms with Crippen molar-refractivity contribution in [2.75, 3.05) is 19.8 Å². The van der Waals surface area contributed by atoms with Gasteiger partial charge in [-0.05, 0) is 73.4 Å². The van der Waals surface area contributed by atoms with E-state index in [1.165, 1.54) is 12.1 Å². The van der Waals surface area contributed by atoms with E-state index in [9.17, 15) is 9.18 Å². The number of nitrogens with zero attached hydrogens (tertiary/aromatic N) is 1. The van der Waals surface area contributed by atoms with Gasteiger partial charge in [-0.15, -0.1) is 0 Å². The Morgan fingerprint density at radius 2 is 1.85 bits per heavy atom. The lowest BCUT2D eigenvalue weighted by Gasteiger charge is -2.36. The Morgan fingerprint density at radius 3 is 2.58 bits per heavy atom. The quantitative estimate of drug-likeness (QED) is 0.535. The lowest BCUT2D eigenvalue weighted by molar-refractivity contribution is -0.130. The number of carbonyl (C=O) groups is 1. The molecule has 6 nitrogen and oxygen atoms in total. The SMILES string of the molecule is CCOc1ccc(Oc2cc(CNC(=O)C3(c4cccc(F)c4)CCOCC3)ccn2)cc1. The summed E-state index contributed by atoms with van der Waals surface area (Å²) in [5.41, 5.74) is 0.716. The lowest BCUT2D eigenvalue weighted by Crippen LogP contribution is -2.47. The Balaban J connectivity index is 1.44. The van der Waals surface area contributed by atoms with E-state index in [0.717, 1.165) is 11.3 Å². The van der Waals surface area contributed by atoms with Gasteiger partial charge in [-0.3, -0.25) is 4.79 Å². The summed E-state index contributed by atoms with van der Waals surface area (Å²) in [5, 5.41) is 3.02. The first-order valence-corrected chi connectivity index (χ1v) is 11.1. The number of hydrogen-bond donors (Lipinski definition) is 1. The number of carbonyl (C=O) groups excluding carboxylic acids is 1. The number of benzene rings is 2. The van der Waals surface area contributed by atoms with Crippen LogP contribution < -0.4 is 14.8 Å². The van der Waals surface area contributed by atoms with Crippen molar-refractivity contribution in [1.82, 2.24) is 10.3 Å². The van der Waals surface area contributed by atoms with Crippen molar-refractivity contribution in [3.8, 4) is 17.4 Å². The summed E-state index contributed by atoms with van der Waals surface area (Å²) in [6.07, 6.45) is 2.65. The van der Waals surface area contributed by atoms with Crippen LogP contribution in [-0.4, -0.2) is 30.7 Å². The molecule has 33 heavy (non-hydrogen) atoms. The van der Waals surface area contributed by atoms with Gasteiger partial charge in [0.1, 0.15) is 17.3 Å². The van der Waals surface area contributed by atoms with Crippen molar-refractivity contribution in [3.05, 3.63) is 83.8 Å². The Morgan fingerprint density at radius 1 is 1.09 bits per heavy atom. The number of pyridine rings is 1. The van der Waals surface area contributed by atoms with Crippen LogP contribution in [0.3, 0.4) is 0 Å². The van der Waals surface area contributed by atoms with Crippen molar-refractivity contribution >= 4 is 5.91 Å². The molecule has 1 aliphatic heterocycles. The van der Waals surface area contributed by atoms with Gasteiger partial charge in [0, 0.05) is 32.0 Å². The molecule has 1 N–H and O–H groups in total. The molecule has 4 rings (SSSR count). The molecule has 172 valence electrons. The van der Waals surface area contributed by atoms with Gasteiger partial charge >= 0.3 is 0 Å². The lowest BCUT2D eigenvalue weighted by atomic mass is 9.73. The largest absolute Gasteiger partial charge is 0.494 e. The molecule has 1 fully saturated rings. The van der Waals surface area contributed by atoms with Crippen LogP contribution in [0.4, 0.5) is 4.39 Å². The van der Waals surface area contributed by atoms with Crippen molar-refractivity contribution in [2.24, 2.45) is 0 Å². The van der Waals surface area contributed by atoms with Gasteiger partial charge in [0.05, 0.1) is 12.0 Å². The van der Waals surface area contributed by atoms with Crippen LogP contribution in [0.1, 0.15) is 30.9 Å². The predicted molar refractivity (Wildman–Crippen MR) is 122 cm³/mol. The van der Waals surface area contributed by atoms with E-state index in [0.29, 0.717) is 56.4 Å². The molecule has 0 unspecified atom stereocenters. The molecule has 1 aromatic heterocycles. The number of aromatic nitrogens is 1. The Kier molecular flexibility index (Phi) is 7.19. The number of halogens is 1. The highest BCUT2D eigenvalue weighted by atomic mass is 19.1. The van der Waals surface area contributed by atoms with Gasteiger partial charge in [0.2, 0.25) is 11.8 Å². The van der Waals surface area contributed by atoms with E-state index in [2.05, 4.69) is 10.3 Å². The summed E-state index contributed by atoms with van der Waals surface area (Å²) in [6.45, 7) is 3.75. The van der Waals surface area contributed by atoms with E-state index in [-0.39, 0.29) is 11.7 Å². The Hall–Kier alpha value is -3.45. The highest BCUT2D eigenvalue weighted by Gasteiger charge is 2.41. The van der Waals surface area contributed by atoms with E-state index < -0.39 is 5.41 Å². The molecule has 2 heterocycles. The highest BCUT2D eigenvalue weighted by Crippen LogP contribution is 2.35. The van der Waals surface area contributed by atoms with Crippen LogP contribution in [-0.2, 0) is 21.5 Å². The molecule has 0 spiro atoms. The molecule has 0 atom stereocenters. The molecule has 1 aliphatic rings. The minimum atomic E-state index is -0.810. The molecule has 7 heteroatoms. The predicted octanol–water partition coefficient (Wildman–Crippen LogP) is 4.78. The van der Waals surface area contributed by atoms with E-state index in [4.69, 9.17) is 14.2 Å². The topological polar surface area (TPSA) is 69.7 Å². The van der Waals surface area contributed by atoms with E-state index in [1.807, 2.05) is 43.3 Å². The number of nitrogens with one attached hydrogen (secondary N) is 1. The molecule has 0 saturated carbocycles. The first kappa shape index (κ1) is 22.7. The third-order valence-electron chi connectivity index (χ3n) is 5.77. The van der Waals surface area contributed by atoms with Gasteiger partial charge in [0.15, 0.2) is 0 Å². The zero-order chi connectivity index (χ0) is 23.1. The van der Waals surface area contributed by atoms with Gasteiger partial charge in [-0.1, -0.05) is 12.1 Å². The summed E-state index contributed by atoms with van der Waals surface area (Å²) in [4.78, 5) is 17.6. The second kappa shape index (κ2) is 10.4. The molecule has 0 bridgehead atoms. The van der Waals surface area contributed by atoms with Crippen molar-refractivity contribution in [3.63, 3.8) is 0 Å². The van der Waals surface area contributed by atoms with Crippen LogP contribution in [0.15, 0.2) is 66.9 Å². The second-order valence-corrected chi connectivity index (χ2v) is 7.90. The smallest absolute Gasteiger partial charge is 0.231 e. The number of rotatable bonds is 8. The number of hydrogen-bond acceptors (Lipinski definition) is 5. The summed E-state index contributed by atoms with van der Waals surface area (Å²) in [7, 11) is 0. The summed E-state index contributed by atoms with van der Waals surface area (Å²) < 4.78 is 30.7. The third kappa shape index (κ3) is 5.49. The average molecular weight is 451 g/mol. The van der Waals surface area contributed by atoms with Crippen molar-refractivity contribution in [1.29, 1.82) is 0 Å². The summed E-state index contributed by atoms with van der Waals surface area (Å²) in [6, 6.07) is 17.2. The van der Waals surface area contributed by atoms with Crippen LogP contribution in [0.25, 0.3) is 0 Å². The van der Waals surface area contributed by atoms with E-state index >= 15 is 0 Å². The van der Waals surface area contributed by atoms with Crippen LogP contribution >= 0.6 is 0 Å². The van der Waals surface area contributed by atoms with Crippen LogP contribution in [0, 0.1) is 5.82 Å². The maximum atomic E-state index is 13.9. The van der Waals surface area contributed by atoms with Crippen molar-refractivity contribution in [2.45, 2.75) is 31.7 Å². The minimum absolute atomic E-state index is 0.137. The van der Waals surface area contributed by atoms with Crippen molar-refractivity contribution < 1.29 is 23.4 Å². The van der Waals surface area contributed by atoms with Gasteiger partial charge in [-0.2, -0.15) is 0 Å². The third-order valence-corrected chi connectivity index (χ3v) is 5.77. The van der Waals surface area contributed by atoms with E-state index in [1.54, 1.807) is 18.3 Å². The zero-order valence-corrected chi connectivity index (χ0v) is 18.6. The zero-order valence-electron chi connectivity index (χ0n) is 18.6. The first-order chi connectivity index (χ1) is 16.1. The molecule has 1 saturated heterocycles. The fourth-order valence-electron chi connectivity index (χ4n) is 4.01. The molecule has 1 amide bonds. The molecule has 0 radical (unpaired) electrons. The maximum Gasteiger partial charge on any atom is 0.231 e. The van der Waals surface area contributed by atoms with Gasteiger partial charge in [0.25, 0.3) is 0 Å². The first-order valence-electron chi connectivity index (χ1n) is 11.1. The highest BCUT2D eigenvalue weighted by molar-refractivity contribution is 5.88. The molecular weight excluding hydrogens is 423 g/mol. The Labute approximate surface area is 192 Å². The number of amides is 1.